The molecule has 0 atom stereocenters. The van der Waals surface area contributed by atoms with Crippen molar-refractivity contribution < 1.29 is 9.84 Å². The lowest BCUT2D eigenvalue weighted by atomic mass is 10.1. The highest BCUT2D eigenvalue weighted by Gasteiger charge is 2.10. The van der Waals surface area contributed by atoms with E-state index in [2.05, 4.69) is 4.98 Å². The second kappa shape index (κ2) is 5.90. The SMILES string of the molecule is OCc1cc2ccccc2c(Oc2cc(Cl)ccc2Cl)n1. The summed E-state index contributed by atoms with van der Waals surface area (Å²) in [7, 11) is 0. The fourth-order valence-electron chi connectivity index (χ4n) is 2.04. The quantitative estimate of drug-likeness (QED) is 0.752. The predicted molar refractivity (Wildman–Crippen MR) is 84.2 cm³/mol. The van der Waals surface area contributed by atoms with Gasteiger partial charge in [0, 0.05) is 16.5 Å². The Morgan fingerprint density at radius 3 is 2.67 bits per heavy atom. The lowest BCUT2D eigenvalue weighted by Gasteiger charge is -2.11. The average Bonchev–Trinajstić information content (AvgIpc) is 2.50. The summed E-state index contributed by atoms with van der Waals surface area (Å²) < 4.78 is 5.81. The second-order valence-corrected chi connectivity index (χ2v) is 5.32. The van der Waals surface area contributed by atoms with Crippen molar-refractivity contribution in [1.29, 1.82) is 0 Å². The summed E-state index contributed by atoms with van der Waals surface area (Å²) in [6, 6.07) is 14.5. The zero-order chi connectivity index (χ0) is 14.8. The fourth-order valence-corrected chi connectivity index (χ4v) is 2.36. The number of aliphatic hydroxyl groups excluding tert-OH is 1. The van der Waals surface area contributed by atoms with Gasteiger partial charge in [-0.15, -0.1) is 0 Å². The normalized spacial score (nSPS) is 10.8. The second-order valence-electron chi connectivity index (χ2n) is 4.47. The highest BCUT2D eigenvalue weighted by atomic mass is 35.5. The first-order chi connectivity index (χ1) is 10.2. The third kappa shape index (κ3) is 2.95. The maximum absolute atomic E-state index is 9.32. The van der Waals surface area contributed by atoms with Crippen LogP contribution in [0.2, 0.25) is 10.0 Å². The van der Waals surface area contributed by atoms with Crippen molar-refractivity contribution in [3.63, 3.8) is 0 Å². The standard InChI is InChI=1S/C16H11Cl2NO2/c17-11-5-6-14(18)15(8-11)21-16-13-4-2-1-3-10(13)7-12(9-20)19-16/h1-8,20H,9H2. The van der Waals surface area contributed by atoms with Crippen molar-refractivity contribution in [2.24, 2.45) is 0 Å². The van der Waals surface area contributed by atoms with E-state index in [0.29, 0.717) is 27.4 Å². The molecule has 5 heteroatoms. The molecule has 0 bridgehead atoms. The Labute approximate surface area is 131 Å². The Bertz CT molecular complexity index is 805. The molecule has 1 heterocycles. The van der Waals surface area contributed by atoms with Crippen LogP contribution in [0.15, 0.2) is 48.5 Å². The first kappa shape index (κ1) is 14.1. The highest BCUT2D eigenvalue weighted by Crippen LogP contribution is 2.34. The van der Waals surface area contributed by atoms with Gasteiger partial charge in [0.15, 0.2) is 0 Å². The largest absolute Gasteiger partial charge is 0.437 e. The Morgan fingerprint density at radius 1 is 1.05 bits per heavy atom. The molecule has 0 saturated carbocycles. The van der Waals surface area contributed by atoms with Crippen LogP contribution in [0.25, 0.3) is 10.8 Å². The first-order valence-corrected chi connectivity index (χ1v) is 7.05. The fraction of sp³-hybridized carbons (Fsp3) is 0.0625. The molecule has 0 spiro atoms. The molecule has 0 unspecified atom stereocenters. The number of ether oxygens (including phenoxy) is 1. The number of fused-ring (bicyclic) bond motifs is 1. The van der Waals surface area contributed by atoms with Crippen molar-refractivity contribution in [1.82, 2.24) is 4.98 Å². The third-order valence-electron chi connectivity index (χ3n) is 3.02. The van der Waals surface area contributed by atoms with Gasteiger partial charge in [-0.3, -0.25) is 0 Å². The average molecular weight is 320 g/mol. The molecule has 1 N–H and O–H groups in total. The van der Waals surface area contributed by atoms with E-state index in [4.69, 9.17) is 27.9 Å². The Kier molecular flexibility index (Phi) is 3.97. The number of halogens is 2. The van der Waals surface area contributed by atoms with Crippen molar-refractivity contribution >= 4 is 34.0 Å². The molecule has 2 aromatic carbocycles. The molecule has 21 heavy (non-hydrogen) atoms. The molecule has 0 fully saturated rings. The summed E-state index contributed by atoms with van der Waals surface area (Å²) in [5.74, 6) is 0.818. The Hall–Kier alpha value is -1.81. The summed E-state index contributed by atoms with van der Waals surface area (Å²) in [5, 5.41) is 12.1. The molecular weight excluding hydrogens is 309 g/mol. The van der Waals surface area contributed by atoms with E-state index in [0.717, 1.165) is 10.8 Å². The van der Waals surface area contributed by atoms with E-state index in [1.54, 1.807) is 18.2 Å². The van der Waals surface area contributed by atoms with Crippen molar-refractivity contribution in [2.75, 3.05) is 0 Å². The minimum Gasteiger partial charge on any atom is -0.437 e. The number of nitrogens with zero attached hydrogens (tertiary/aromatic N) is 1. The van der Waals surface area contributed by atoms with Gasteiger partial charge >= 0.3 is 0 Å². The molecule has 0 amide bonds. The van der Waals surface area contributed by atoms with Crippen molar-refractivity contribution in [2.45, 2.75) is 6.61 Å². The van der Waals surface area contributed by atoms with E-state index in [-0.39, 0.29) is 6.61 Å². The van der Waals surface area contributed by atoms with Crippen LogP contribution in [0.5, 0.6) is 11.6 Å². The van der Waals surface area contributed by atoms with E-state index < -0.39 is 0 Å². The van der Waals surface area contributed by atoms with Gasteiger partial charge in [0.1, 0.15) is 5.75 Å². The Balaban J connectivity index is 2.13. The van der Waals surface area contributed by atoms with E-state index in [1.807, 2.05) is 30.3 Å². The summed E-state index contributed by atoms with van der Waals surface area (Å²) in [6.07, 6.45) is 0. The van der Waals surface area contributed by atoms with E-state index in [9.17, 15) is 5.11 Å². The molecular formula is C16H11Cl2NO2. The number of aromatic nitrogens is 1. The maximum Gasteiger partial charge on any atom is 0.227 e. The van der Waals surface area contributed by atoms with Gasteiger partial charge in [-0.2, -0.15) is 0 Å². The number of hydrogen-bond acceptors (Lipinski definition) is 3. The minimum absolute atomic E-state index is 0.162. The summed E-state index contributed by atoms with van der Waals surface area (Å²) >= 11 is 12.1. The van der Waals surface area contributed by atoms with Gasteiger partial charge in [-0.05, 0) is 29.7 Å². The molecule has 3 nitrogen and oxygen atoms in total. The van der Waals surface area contributed by atoms with E-state index in [1.165, 1.54) is 0 Å². The number of benzene rings is 2. The molecule has 106 valence electrons. The summed E-state index contributed by atoms with van der Waals surface area (Å²) in [6.45, 7) is -0.162. The van der Waals surface area contributed by atoms with E-state index >= 15 is 0 Å². The van der Waals surface area contributed by atoms with Crippen molar-refractivity contribution in [3.05, 3.63) is 64.3 Å². The van der Waals surface area contributed by atoms with Crippen molar-refractivity contribution in [3.8, 4) is 11.6 Å². The Morgan fingerprint density at radius 2 is 1.86 bits per heavy atom. The molecule has 0 radical (unpaired) electrons. The summed E-state index contributed by atoms with van der Waals surface area (Å²) in [4.78, 5) is 4.31. The number of hydrogen-bond donors (Lipinski definition) is 1. The lowest BCUT2D eigenvalue weighted by molar-refractivity contribution is 0.275. The van der Waals surface area contributed by atoms with Gasteiger partial charge in [0.2, 0.25) is 5.88 Å². The van der Waals surface area contributed by atoms with Crippen LogP contribution in [0.1, 0.15) is 5.69 Å². The molecule has 0 aliphatic rings. The maximum atomic E-state index is 9.32. The first-order valence-electron chi connectivity index (χ1n) is 6.30. The van der Waals surface area contributed by atoms with Crippen LogP contribution in [-0.2, 0) is 6.61 Å². The van der Waals surface area contributed by atoms with Crippen LogP contribution in [-0.4, -0.2) is 10.1 Å². The monoisotopic (exact) mass is 319 g/mol. The zero-order valence-electron chi connectivity index (χ0n) is 10.9. The van der Waals surface area contributed by atoms with Crippen LogP contribution in [0, 0.1) is 0 Å². The highest BCUT2D eigenvalue weighted by molar-refractivity contribution is 6.34. The van der Waals surface area contributed by atoms with Crippen LogP contribution >= 0.6 is 23.2 Å². The molecule has 0 aliphatic heterocycles. The number of pyridine rings is 1. The predicted octanol–water partition coefficient (Wildman–Crippen LogP) is 4.83. The number of rotatable bonds is 3. The van der Waals surface area contributed by atoms with Crippen LogP contribution in [0.4, 0.5) is 0 Å². The van der Waals surface area contributed by atoms with Gasteiger partial charge in [-0.25, -0.2) is 4.98 Å². The van der Waals surface area contributed by atoms with Gasteiger partial charge in [-0.1, -0.05) is 41.4 Å². The van der Waals surface area contributed by atoms with Gasteiger partial charge in [0.05, 0.1) is 17.3 Å². The molecule has 3 aromatic rings. The number of aliphatic hydroxyl groups is 1. The smallest absolute Gasteiger partial charge is 0.227 e. The third-order valence-corrected chi connectivity index (χ3v) is 3.57. The van der Waals surface area contributed by atoms with Gasteiger partial charge in [0.25, 0.3) is 0 Å². The van der Waals surface area contributed by atoms with Gasteiger partial charge < -0.3 is 9.84 Å². The summed E-state index contributed by atoms with van der Waals surface area (Å²) in [5.41, 5.74) is 0.529. The molecule has 0 saturated heterocycles. The topological polar surface area (TPSA) is 42.4 Å². The lowest BCUT2D eigenvalue weighted by Crippen LogP contribution is -1.95. The molecule has 1 aromatic heterocycles. The minimum atomic E-state index is -0.162. The van der Waals surface area contributed by atoms with Crippen LogP contribution in [0.3, 0.4) is 0 Å². The van der Waals surface area contributed by atoms with Crippen LogP contribution < -0.4 is 4.74 Å². The molecule has 3 rings (SSSR count). The molecule has 0 aliphatic carbocycles. The zero-order valence-corrected chi connectivity index (χ0v) is 12.4.